The van der Waals surface area contributed by atoms with Gasteiger partial charge in [0.15, 0.2) is 0 Å². The predicted octanol–water partition coefficient (Wildman–Crippen LogP) is 1.10. The standard InChI is InChI=1S/C11H21NO3/c1-3-15-11(13)8-9(2)12-10-4-6-14-7-5-10/h9-10,12H,3-8H2,1-2H3. The maximum atomic E-state index is 11.2. The number of carbonyl (C=O) groups is 1. The van der Waals surface area contributed by atoms with E-state index in [1.807, 2.05) is 13.8 Å². The summed E-state index contributed by atoms with van der Waals surface area (Å²) in [5, 5.41) is 3.43. The third-order valence-electron chi connectivity index (χ3n) is 2.52. The Morgan fingerprint density at radius 1 is 1.53 bits per heavy atom. The number of nitrogens with one attached hydrogen (secondary N) is 1. The Kier molecular flexibility index (Phi) is 5.65. The van der Waals surface area contributed by atoms with Crippen LogP contribution < -0.4 is 5.32 Å². The molecule has 0 amide bonds. The van der Waals surface area contributed by atoms with E-state index in [1.165, 1.54) is 0 Å². The molecule has 4 heteroatoms. The molecule has 1 unspecified atom stereocenters. The van der Waals surface area contributed by atoms with E-state index in [0.717, 1.165) is 26.1 Å². The van der Waals surface area contributed by atoms with Gasteiger partial charge in [0.05, 0.1) is 13.0 Å². The third-order valence-corrected chi connectivity index (χ3v) is 2.52. The summed E-state index contributed by atoms with van der Waals surface area (Å²) >= 11 is 0. The maximum Gasteiger partial charge on any atom is 0.307 e. The predicted molar refractivity (Wildman–Crippen MR) is 57.7 cm³/mol. The summed E-state index contributed by atoms with van der Waals surface area (Å²) < 4.78 is 10.2. The molecule has 0 saturated carbocycles. The fourth-order valence-corrected chi connectivity index (χ4v) is 1.80. The van der Waals surface area contributed by atoms with Crippen LogP contribution in [0.3, 0.4) is 0 Å². The van der Waals surface area contributed by atoms with Crippen molar-refractivity contribution in [2.45, 2.75) is 45.2 Å². The highest BCUT2D eigenvalue weighted by Gasteiger charge is 2.17. The summed E-state index contributed by atoms with van der Waals surface area (Å²) in [5.74, 6) is -0.121. The first kappa shape index (κ1) is 12.5. The quantitative estimate of drug-likeness (QED) is 0.698. The van der Waals surface area contributed by atoms with Crippen molar-refractivity contribution in [3.63, 3.8) is 0 Å². The van der Waals surface area contributed by atoms with Crippen molar-refractivity contribution in [3.05, 3.63) is 0 Å². The number of rotatable bonds is 5. The molecule has 0 spiro atoms. The van der Waals surface area contributed by atoms with E-state index >= 15 is 0 Å². The second-order valence-corrected chi connectivity index (χ2v) is 3.96. The highest BCUT2D eigenvalue weighted by Crippen LogP contribution is 2.08. The maximum absolute atomic E-state index is 11.2. The zero-order chi connectivity index (χ0) is 11.1. The lowest BCUT2D eigenvalue weighted by Gasteiger charge is -2.26. The van der Waals surface area contributed by atoms with Crippen molar-refractivity contribution in [1.82, 2.24) is 5.32 Å². The first-order valence-corrected chi connectivity index (χ1v) is 5.71. The van der Waals surface area contributed by atoms with Gasteiger partial charge in [-0.15, -0.1) is 0 Å². The zero-order valence-corrected chi connectivity index (χ0v) is 9.62. The highest BCUT2D eigenvalue weighted by molar-refractivity contribution is 5.70. The number of esters is 1. The minimum atomic E-state index is -0.121. The first-order chi connectivity index (χ1) is 7.22. The molecule has 1 heterocycles. The second-order valence-electron chi connectivity index (χ2n) is 3.96. The smallest absolute Gasteiger partial charge is 0.307 e. The van der Waals surface area contributed by atoms with Gasteiger partial charge in [0.25, 0.3) is 0 Å². The number of carbonyl (C=O) groups excluding carboxylic acids is 1. The minimum absolute atomic E-state index is 0.121. The molecule has 1 aliphatic heterocycles. The van der Waals surface area contributed by atoms with Crippen LogP contribution >= 0.6 is 0 Å². The molecule has 0 radical (unpaired) electrons. The van der Waals surface area contributed by atoms with Crippen molar-refractivity contribution in [2.75, 3.05) is 19.8 Å². The Morgan fingerprint density at radius 2 is 2.20 bits per heavy atom. The van der Waals surface area contributed by atoms with E-state index in [4.69, 9.17) is 9.47 Å². The van der Waals surface area contributed by atoms with E-state index in [0.29, 0.717) is 19.1 Å². The fourth-order valence-electron chi connectivity index (χ4n) is 1.80. The Morgan fingerprint density at radius 3 is 2.80 bits per heavy atom. The van der Waals surface area contributed by atoms with Crippen LogP contribution in [0, 0.1) is 0 Å². The van der Waals surface area contributed by atoms with E-state index in [1.54, 1.807) is 0 Å². The van der Waals surface area contributed by atoms with Crippen molar-refractivity contribution < 1.29 is 14.3 Å². The molecular weight excluding hydrogens is 194 g/mol. The summed E-state index contributed by atoms with van der Waals surface area (Å²) in [6, 6.07) is 0.676. The molecule has 15 heavy (non-hydrogen) atoms. The van der Waals surface area contributed by atoms with Crippen LogP contribution in [0.4, 0.5) is 0 Å². The van der Waals surface area contributed by atoms with Crippen LogP contribution in [-0.4, -0.2) is 37.9 Å². The summed E-state index contributed by atoms with van der Waals surface area (Å²) in [6.45, 7) is 5.96. The van der Waals surface area contributed by atoms with Crippen LogP contribution in [0.1, 0.15) is 33.1 Å². The Hall–Kier alpha value is -0.610. The summed E-state index contributed by atoms with van der Waals surface area (Å²) in [7, 11) is 0. The Bertz CT molecular complexity index is 190. The van der Waals surface area contributed by atoms with Gasteiger partial charge in [0.1, 0.15) is 0 Å². The molecule has 0 aromatic heterocycles. The van der Waals surface area contributed by atoms with Crippen LogP contribution in [0.5, 0.6) is 0 Å². The molecule has 0 aromatic carbocycles. The van der Waals surface area contributed by atoms with Gasteiger partial charge in [0.2, 0.25) is 0 Å². The van der Waals surface area contributed by atoms with E-state index in [2.05, 4.69) is 5.32 Å². The Balaban J connectivity index is 2.16. The average Bonchev–Trinajstić information content (AvgIpc) is 2.19. The second kappa shape index (κ2) is 6.80. The van der Waals surface area contributed by atoms with Crippen molar-refractivity contribution in [3.8, 4) is 0 Å². The Labute approximate surface area is 91.3 Å². The summed E-state index contributed by atoms with van der Waals surface area (Å²) in [4.78, 5) is 11.2. The minimum Gasteiger partial charge on any atom is -0.466 e. The number of hydrogen-bond donors (Lipinski definition) is 1. The van der Waals surface area contributed by atoms with Crippen LogP contribution in [-0.2, 0) is 14.3 Å². The van der Waals surface area contributed by atoms with Gasteiger partial charge in [-0.1, -0.05) is 0 Å². The molecule has 1 saturated heterocycles. The molecule has 1 rings (SSSR count). The largest absolute Gasteiger partial charge is 0.466 e. The monoisotopic (exact) mass is 215 g/mol. The van der Waals surface area contributed by atoms with E-state index < -0.39 is 0 Å². The molecular formula is C11H21NO3. The lowest BCUT2D eigenvalue weighted by Crippen LogP contribution is -2.41. The molecule has 4 nitrogen and oxygen atoms in total. The topological polar surface area (TPSA) is 47.6 Å². The van der Waals surface area contributed by atoms with Gasteiger partial charge >= 0.3 is 5.97 Å². The van der Waals surface area contributed by atoms with Gasteiger partial charge in [-0.3, -0.25) is 4.79 Å². The summed E-state index contributed by atoms with van der Waals surface area (Å²) in [6.07, 6.45) is 2.52. The molecule has 1 fully saturated rings. The number of ether oxygens (including phenoxy) is 2. The molecule has 0 bridgehead atoms. The summed E-state index contributed by atoms with van der Waals surface area (Å²) in [5.41, 5.74) is 0. The van der Waals surface area contributed by atoms with Crippen molar-refractivity contribution >= 4 is 5.97 Å². The van der Waals surface area contributed by atoms with Crippen molar-refractivity contribution in [2.24, 2.45) is 0 Å². The highest BCUT2D eigenvalue weighted by atomic mass is 16.5. The SMILES string of the molecule is CCOC(=O)CC(C)NC1CCOCC1. The molecule has 88 valence electrons. The van der Waals surface area contributed by atoms with Gasteiger partial charge < -0.3 is 14.8 Å². The first-order valence-electron chi connectivity index (χ1n) is 5.71. The molecule has 1 N–H and O–H groups in total. The van der Waals surface area contributed by atoms with Gasteiger partial charge in [-0.05, 0) is 26.7 Å². The van der Waals surface area contributed by atoms with Crippen molar-refractivity contribution in [1.29, 1.82) is 0 Å². The van der Waals surface area contributed by atoms with Gasteiger partial charge in [0, 0.05) is 25.3 Å². The molecule has 1 atom stereocenters. The average molecular weight is 215 g/mol. The number of hydrogen-bond acceptors (Lipinski definition) is 4. The molecule has 1 aliphatic rings. The fraction of sp³-hybridized carbons (Fsp3) is 0.909. The molecule has 0 aliphatic carbocycles. The van der Waals surface area contributed by atoms with Gasteiger partial charge in [-0.25, -0.2) is 0 Å². The third kappa shape index (κ3) is 5.14. The lowest BCUT2D eigenvalue weighted by molar-refractivity contribution is -0.143. The normalized spacial score (nSPS) is 19.9. The lowest BCUT2D eigenvalue weighted by atomic mass is 10.1. The van der Waals surface area contributed by atoms with E-state index in [9.17, 15) is 4.79 Å². The zero-order valence-electron chi connectivity index (χ0n) is 9.62. The van der Waals surface area contributed by atoms with Gasteiger partial charge in [-0.2, -0.15) is 0 Å². The van der Waals surface area contributed by atoms with Crippen LogP contribution in [0.15, 0.2) is 0 Å². The molecule has 0 aromatic rings. The van der Waals surface area contributed by atoms with E-state index in [-0.39, 0.29) is 12.0 Å². The van der Waals surface area contributed by atoms with Crippen LogP contribution in [0.25, 0.3) is 0 Å². The van der Waals surface area contributed by atoms with Crippen LogP contribution in [0.2, 0.25) is 0 Å².